The van der Waals surface area contributed by atoms with E-state index < -0.39 is 101 Å². The van der Waals surface area contributed by atoms with Crippen LogP contribution in [-0.2, 0) is 28.6 Å². The number of rotatable bonds is 7. The number of aliphatic hydroxyl groups is 2. The fourth-order valence-electron chi connectivity index (χ4n) is 12.2. The Bertz CT molecular complexity index is 3350. The van der Waals surface area contributed by atoms with Crippen LogP contribution in [0.4, 0.5) is 5.69 Å². The van der Waals surface area contributed by atoms with Crippen molar-refractivity contribution in [1.29, 1.82) is 0 Å². The van der Waals surface area contributed by atoms with Gasteiger partial charge < -0.3 is 59.5 Å². The van der Waals surface area contributed by atoms with E-state index in [9.17, 15) is 39.6 Å². The van der Waals surface area contributed by atoms with Crippen molar-refractivity contribution in [3.8, 4) is 17.2 Å². The van der Waals surface area contributed by atoms with Gasteiger partial charge in [-0.1, -0.05) is 71.9 Å². The number of phenolic OH excluding ortho intramolecular Hbond substituents is 2. The summed E-state index contributed by atoms with van der Waals surface area (Å²) in [6, 6.07) is 7.27. The van der Waals surface area contributed by atoms with Gasteiger partial charge in [-0.15, -0.1) is 0 Å². The van der Waals surface area contributed by atoms with Crippen LogP contribution >= 0.6 is 0 Å². The van der Waals surface area contributed by atoms with Gasteiger partial charge in [0, 0.05) is 106 Å². The number of aromatic amines is 1. The van der Waals surface area contributed by atoms with Crippen LogP contribution in [0, 0.1) is 36.5 Å². The molecule has 6 aliphatic heterocycles. The van der Waals surface area contributed by atoms with Crippen molar-refractivity contribution >= 4 is 51.1 Å². The molecule has 2 saturated heterocycles. The zero-order valence-electron chi connectivity index (χ0n) is 46.7. The second kappa shape index (κ2) is 22.3. The van der Waals surface area contributed by atoms with Gasteiger partial charge >= 0.3 is 17.4 Å². The number of allylic oxidation sites excluding steroid dienone is 2. The van der Waals surface area contributed by atoms with Gasteiger partial charge in [0.25, 0.3) is 11.7 Å². The van der Waals surface area contributed by atoms with E-state index in [1.165, 1.54) is 33.3 Å². The van der Waals surface area contributed by atoms with Crippen LogP contribution in [-0.4, -0.2) is 139 Å². The fraction of sp³-hybridized carbons (Fsp3) is 0.542. The van der Waals surface area contributed by atoms with Crippen LogP contribution in [0.2, 0.25) is 0 Å². The van der Waals surface area contributed by atoms with Crippen LogP contribution < -0.4 is 26.5 Å². The highest BCUT2D eigenvalue weighted by Gasteiger charge is 2.50. The molecule has 20 nitrogen and oxygen atoms in total. The van der Waals surface area contributed by atoms with E-state index in [0.717, 1.165) is 17.6 Å². The molecule has 6 aliphatic rings. The number of phenols is 2. The van der Waals surface area contributed by atoms with E-state index in [1.54, 1.807) is 62.3 Å². The summed E-state index contributed by atoms with van der Waals surface area (Å²) in [6.07, 6.45) is 4.54. The Kier molecular flexibility index (Phi) is 16.1. The number of amides is 2. The quantitative estimate of drug-likeness (QED) is 0.0745. The number of piperidine rings is 2. The van der Waals surface area contributed by atoms with Gasteiger partial charge in [-0.3, -0.25) is 33.7 Å². The van der Waals surface area contributed by atoms with Gasteiger partial charge in [0.15, 0.2) is 11.4 Å². The number of imidazole rings is 1. The normalized spacial score (nSPS) is 29.4. The molecule has 0 aliphatic carbocycles. The molecule has 0 saturated carbocycles. The highest BCUT2D eigenvalue weighted by atomic mass is 16.7. The van der Waals surface area contributed by atoms with Gasteiger partial charge in [-0.25, -0.2) is 4.79 Å². The maximum Gasteiger partial charge on any atom is 0.326 e. The summed E-state index contributed by atoms with van der Waals surface area (Å²) in [5.41, 5.74) is 0.522. The lowest BCUT2D eigenvalue weighted by Crippen LogP contribution is -2.47. The number of hydrogen-bond donors (Lipinski definition) is 6. The van der Waals surface area contributed by atoms with Crippen molar-refractivity contribution in [1.82, 2.24) is 19.4 Å². The maximum absolute atomic E-state index is 15.0. The molecule has 3 aromatic carbocycles. The van der Waals surface area contributed by atoms with Crippen molar-refractivity contribution in [2.24, 2.45) is 39.6 Å². The molecule has 20 heteroatoms. The average molecular weight is 1090 g/mol. The van der Waals surface area contributed by atoms with Crippen molar-refractivity contribution in [2.75, 3.05) is 45.2 Å². The number of likely N-dealkylation sites (tertiary alicyclic amines) is 2. The number of carbonyl (C=O) groups excluding carboxylic acids is 4. The van der Waals surface area contributed by atoms with E-state index in [0.29, 0.717) is 57.8 Å². The second-order valence-electron chi connectivity index (χ2n) is 22.9. The first-order valence-corrected chi connectivity index (χ1v) is 27.5. The van der Waals surface area contributed by atoms with Crippen molar-refractivity contribution < 1.29 is 58.6 Å². The number of para-hydroxylation sites is 2. The zero-order chi connectivity index (χ0) is 57.0. The second-order valence-corrected chi connectivity index (χ2v) is 22.9. The molecule has 6 N–H and O–H groups in total. The Morgan fingerprint density at radius 3 is 2.25 bits per heavy atom. The average Bonchev–Trinajstić information content (AvgIpc) is 3.84. The van der Waals surface area contributed by atoms with Crippen LogP contribution in [0.1, 0.15) is 109 Å². The molecule has 1 spiro atoms. The van der Waals surface area contributed by atoms with Gasteiger partial charge in [-0.2, -0.15) is 0 Å². The number of aromatic hydroxyl groups is 2. The molecule has 1 aromatic heterocycles. The number of H-pyrrole nitrogens is 1. The third-order valence-corrected chi connectivity index (χ3v) is 17.0. The third-order valence-electron chi connectivity index (χ3n) is 17.0. The molecule has 5 bridgehead atoms. The summed E-state index contributed by atoms with van der Waals surface area (Å²) in [4.78, 5) is 87.0. The van der Waals surface area contributed by atoms with E-state index >= 15 is 4.79 Å². The molecule has 9 atom stereocenters. The van der Waals surface area contributed by atoms with Gasteiger partial charge in [0.2, 0.25) is 5.91 Å². The number of esters is 1. The molecule has 4 aromatic rings. The van der Waals surface area contributed by atoms with Crippen molar-refractivity contribution in [3.63, 3.8) is 0 Å². The van der Waals surface area contributed by atoms with Crippen LogP contribution in [0.5, 0.6) is 17.2 Å². The minimum absolute atomic E-state index is 0.00365. The number of aliphatic hydroxyl groups excluding tert-OH is 2. The minimum atomic E-state index is -2.04. The summed E-state index contributed by atoms with van der Waals surface area (Å²) in [5.74, 6) is -8.08. The predicted octanol–water partition coefficient (Wildman–Crippen LogP) is 5.63. The molecule has 79 heavy (non-hydrogen) atoms. The summed E-state index contributed by atoms with van der Waals surface area (Å²) in [6.45, 7) is 18.5. The molecular formula is C59H75N7O13. The first-order chi connectivity index (χ1) is 37.5. The number of nitrogens with zero attached hydrogens (tertiary/aromatic N) is 5. The number of carbonyl (C=O) groups is 4. The highest BCUT2D eigenvalue weighted by molar-refractivity contribution is 6.19. The Morgan fingerprint density at radius 1 is 0.886 bits per heavy atom. The number of hydrogen-bond acceptors (Lipinski definition) is 16. The zero-order valence-corrected chi connectivity index (χ0v) is 46.7. The number of fused-ring (bicyclic) bond motifs is 14. The van der Waals surface area contributed by atoms with E-state index in [-0.39, 0.29) is 61.4 Å². The number of ether oxygens (including phenoxy) is 4. The lowest BCUT2D eigenvalue weighted by atomic mass is 9.78. The lowest BCUT2D eigenvalue weighted by molar-refractivity contribution is -0.165. The van der Waals surface area contributed by atoms with E-state index in [1.807, 2.05) is 24.3 Å². The number of benzene rings is 3. The van der Waals surface area contributed by atoms with Crippen LogP contribution in [0.15, 0.2) is 75.2 Å². The summed E-state index contributed by atoms with van der Waals surface area (Å²) in [7, 11) is 1.43. The predicted molar refractivity (Wildman–Crippen MR) is 294 cm³/mol. The van der Waals surface area contributed by atoms with E-state index in [4.69, 9.17) is 28.9 Å². The van der Waals surface area contributed by atoms with Crippen LogP contribution in [0.3, 0.4) is 0 Å². The van der Waals surface area contributed by atoms with Crippen LogP contribution in [0.25, 0.3) is 21.8 Å². The Balaban J connectivity index is 1.04. The maximum atomic E-state index is 15.0. The molecule has 2 fully saturated rings. The molecule has 7 heterocycles. The largest absolute Gasteiger partial charge is 0.507 e. The topological polar surface area (TPSA) is 267 Å². The SMILES string of the molecule is COC1/C=C/OC2(C)Oc3c(C)c(O)c4c(O)c(c5c(c4c3C2=O)=NC2(CCN(CC(C)C)CC2)N=5)NC(=O)/C(C)=C\C=C\C(C)[C@H](O)[C@@H](C)C(O)[C@@H](C)C(OC(=O)CC(=O)N2CCC(n3c(=O)[nH]c4ccccc43)CC2)[C@@H]1C. The first kappa shape index (κ1) is 56.8. The first-order valence-electron chi connectivity index (χ1n) is 27.5. The van der Waals surface area contributed by atoms with Gasteiger partial charge in [-0.05, 0) is 50.8 Å². The van der Waals surface area contributed by atoms with Gasteiger partial charge in [0.05, 0.1) is 51.9 Å². The number of aromatic nitrogens is 2. The van der Waals surface area contributed by atoms with Crippen molar-refractivity contribution in [2.45, 2.75) is 136 Å². The number of nitrogens with one attached hydrogen (secondary N) is 2. The standard InChI is InChI=1S/C59H75N7O13/c1-30(2)29-64-25-21-59(22-26-64)62-46-43-44-51(71)36(8)54-45(43)55(73)58(9,79-54)77-27-20-40(76-10)33(5)53(78-42(68)28-41(67)65-23-18-37(19-24-65)66-39-17-12-11-16-38(39)60-57(66)75)35(7)50(70)34(6)49(69)31(3)14-13-15-32(4)56(74)61-48(52(44)72)47(46)63-59/h11-17,20,27,30-31,33-35,37,40,49-50,53,69-72H,18-19,21-26,28-29H2,1-10H3,(H,60,75)(H,61,74)/b14-13+,27-20+,32-15-/t31?,33-,34-,35-,40?,49+,50?,53?,58?/m1/s1. The Hall–Kier alpha value is -6.87. The van der Waals surface area contributed by atoms with E-state index in [2.05, 4.69) is 29.0 Å². The lowest BCUT2D eigenvalue weighted by Gasteiger charge is -2.38. The third kappa shape index (κ3) is 10.7. The minimum Gasteiger partial charge on any atom is -0.507 e. The van der Waals surface area contributed by atoms with Gasteiger partial charge in [0.1, 0.15) is 35.1 Å². The van der Waals surface area contributed by atoms with Crippen molar-refractivity contribution in [3.05, 3.63) is 92.7 Å². The highest BCUT2D eigenvalue weighted by Crippen LogP contribution is 2.50. The number of Topliss-reactive ketones (excluding diaryl/α,β-unsaturated/α-hetero) is 1. The Labute approximate surface area is 458 Å². The molecule has 5 unspecified atom stereocenters. The summed E-state index contributed by atoms with van der Waals surface area (Å²) >= 11 is 0. The monoisotopic (exact) mass is 1090 g/mol. The molecule has 0 radical (unpaired) electrons. The fourth-order valence-corrected chi connectivity index (χ4v) is 12.2. The smallest absolute Gasteiger partial charge is 0.326 e. The number of ketones is 1. The molecular weight excluding hydrogens is 1010 g/mol. The number of methoxy groups -OCH3 is 1. The Morgan fingerprint density at radius 2 is 1.57 bits per heavy atom. The summed E-state index contributed by atoms with van der Waals surface area (Å²) in [5, 5.41) is 51.2. The summed E-state index contributed by atoms with van der Waals surface area (Å²) < 4.78 is 26.5. The molecule has 424 valence electrons. The molecule has 10 rings (SSSR count). The number of anilines is 1. The molecule has 2 amide bonds.